The quantitative estimate of drug-likeness (QED) is 0.203. The number of carboxylic acid groups (broad SMARTS) is 1. The van der Waals surface area contributed by atoms with E-state index in [2.05, 4.69) is 0 Å². The van der Waals surface area contributed by atoms with Crippen molar-refractivity contribution in [2.24, 2.45) is 5.73 Å². The number of nitrogens with zero attached hydrogens (tertiary/aromatic N) is 3. The van der Waals surface area contributed by atoms with E-state index >= 15 is 0 Å². The van der Waals surface area contributed by atoms with Crippen LogP contribution >= 0.6 is 11.8 Å². The van der Waals surface area contributed by atoms with E-state index in [4.69, 9.17) is 10.5 Å². The number of amides is 3. The molecule has 5 rings (SSSR count). The van der Waals surface area contributed by atoms with Crippen molar-refractivity contribution < 1.29 is 33.9 Å². The summed E-state index contributed by atoms with van der Waals surface area (Å²) in [6.45, 7) is 1.43. The van der Waals surface area contributed by atoms with Crippen LogP contribution in [0, 0.1) is 10.1 Å². The van der Waals surface area contributed by atoms with Crippen molar-refractivity contribution in [3.8, 4) is 0 Å². The van der Waals surface area contributed by atoms with Crippen molar-refractivity contribution in [2.45, 2.75) is 42.7 Å². The molecule has 1 saturated heterocycles. The number of carbonyl (C=O) groups excluding carboxylic acids is 3. The van der Waals surface area contributed by atoms with Crippen LogP contribution in [0.3, 0.4) is 0 Å². The summed E-state index contributed by atoms with van der Waals surface area (Å²) in [6.07, 6.45) is -0.800. The number of nitro benzene ring substituents is 1. The number of fused-ring (bicyclic) bond motifs is 1. The van der Waals surface area contributed by atoms with E-state index in [1.165, 1.54) is 23.9 Å². The van der Waals surface area contributed by atoms with Gasteiger partial charge in [0, 0.05) is 17.4 Å². The number of aliphatic carboxylic acids is 1. The molecule has 3 aromatic rings. The maximum Gasteiger partial charge on any atom is 0.417 e. The van der Waals surface area contributed by atoms with Gasteiger partial charge in [0.1, 0.15) is 23.7 Å². The number of nitro groups is 1. The Morgan fingerprint density at radius 3 is 2.23 bits per heavy atom. The fourth-order valence-corrected chi connectivity index (χ4v) is 6.85. The number of rotatable bonds is 9. The Bertz CT molecular complexity index is 1630. The molecule has 3 amide bonds. The third kappa shape index (κ3) is 5.92. The lowest BCUT2D eigenvalue weighted by Crippen LogP contribution is -2.73. The minimum absolute atomic E-state index is 0.0858. The van der Waals surface area contributed by atoms with Gasteiger partial charge in [0.2, 0.25) is 0 Å². The molecule has 2 aliphatic heterocycles. The molecular formula is C31H28N4O8S. The number of ether oxygens (including phenoxy) is 1. The summed E-state index contributed by atoms with van der Waals surface area (Å²) in [5, 5.41) is 19.7. The van der Waals surface area contributed by atoms with Gasteiger partial charge >= 0.3 is 12.1 Å². The van der Waals surface area contributed by atoms with Crippen LogP contribution in [0.25, 0.3) is 0 Å². The SMILES string of the molecule is CC1=C(C(=O)O)N2C(=O)C(N(C(=O)OCc3ccccc3)C(=O)[C@H](N)c3ccccc3)[C@H]2SC1Cc1ccc([N+](=O)[O-])cc1. The molecule has 1 fully saturated rings. The number of nitrogens with two attached hydrogens (primary N) is 1. The minimum Gasteiger partial charge on any atom is -0.477 e. The highest BCUT2D eigenvalue weighted by molar-refractivity contribution is 8.00. The molecule has 13 heteroatoms. The molecule has 2 heterocycles. The second kappa shape index (κ2) is 12.7. The minimum atomic E-state index is -1.38. The number of imide groups is 1. The molecule has 0 bridgehead atoms. The van der Waals surface area contributed by atoms with E-state index < -0.39 is 51.5 Å². The molecule has 2 unspecified atom stereocenters. The summed E-state index contributed by atoms with van der Waals surface area (Å²) in [4.78, 5) is 65.7. The van der Waals surface area contributed by atoms with E-state index in [1.54, 1.807) is 79.7 Å². The molecule has 0 radical (unpaired) electrons. The molecule has 4 atom stereocenters. The number of non-ortho nitro benzene ring substituents is 1. The van der Waals surface area contributed by atoms with Gasteiger partial charge in [-0.25, -0.2) is 14.5 Å². The van der Waals surface area contributed by atoms with Crippen LogP contribution < -0.4 is 5.73 Å². The van der Waals surface area contributed by atoms with Crippen LogP contribution in [0.15, 0.2) is 96.2 Å². The standard InChI is InChI=1S/C31H28N4O8S/c1-18-23(16-19-12-14-22(15-13-19)35(41)42)44-29-26(28(37)33(29)25(18)30(38)39)34(27(36)24(32)21-10-6-3-7-11-21)31(40)43-17-20-8-4-2-5-9-20/h2-15,23-24,26,29H,16-17,32H2,1H3,(H,38,39)/t23?,24-,26?,29-/m1/s1. The van der Waals surface area contributed by atoms with Gasteiger partial charge in [-0.1, -0.05) is 72.8 Å². The first-order chi connectivity index (χ1) is 21.1. The number of benzene rings is 3. The van der Waals surface area contributed by atoms with E-state index in [0.29, 0.717) is 27.2 Å². The van der Waals surface area contributed by atoms with Gasteiger partial charge < -0.3 is 15.6 Å². The highest BCUT2D eigenvalue weighted by atomic mass is 32.2. The third-order valence-corrected chi connectivity index (χ3v) is 9.13. The van der Waals surface area contributed by atoms with Gasteiger partial charge in [-0.05, 0) is 35.6 Å². The number of hydrogen-bond acceptors (Lipinski definition) is 9. The van der Waals surface area contributed by atoms with Crippen molar-refractivity contribution in [2.75, 3.05) is 0 Å². The van der Waals surface area contributed by atoms with E-state index in [1.807, 2.05) is 0 Å². The molecule has 0 saturated carbocycles. The number of β-lactam (4-membered cyclic amide) rings is 1. The van der Waals surface area contributed by atoms with Crippen LogP contribution in [0.2, 0.25) is 0 Å². The normalized spacial score (nSPS) is 19.8. The molecule has 3 N–H and O–H groups in total. The molecule has 12 nitrogen and oxygen atoms in total. The number of carboxylic acids is 1. The van der Waals surface area contributed by atoms with Gasteiger partial charge in [0.25, 0.3) is 17.5 Å². The highest BCUT2D eigenvalue weighted by Gasteiger charge is 2.60. The first kappa shape index (κ1) is 30.4. The average Bonchev–Trinajstić information content (AvgIpc) is 3.03. The van der Waals surface area contributed by atoms with Crippen LogP contribution in [0.1, 0.15) is 29.7 Å². The van der Waals surface area contributed by atoms with Gasteiger partial charge in [-0.3, -0.25) is 24.6 Å². The predicted octanol–water partition coefficient (Wildman–Crippen LogP) is 4.01. The highest BCUT2D eigenvalue weighted by Crippen LogP contribution is 2.47. The lowest BCUT2D eigenvalue weighted by Gasteiger charge is -2.53. The van der Waals surface area contributed by atoms with Crippen molar-refractivity contribution in [3.63, 3.8) is 0 Å². The van der Waals surface area contributed by atoms with Crippen LogP contribution in [-0.4, -0.2) is 60.4 Å². The predicted molar refractivity (Wildman–Crippen MR) is 160 cm³/mol. The topological polar surface area (TPSA) is 173 Å². The lowest BCUT2D eigenvalue weighted by atomic mass is 9.96. The smallest absolute Gasteiger partial charge is 0.417 e. The summed E-state index contributed by atoms with van der Waals surface area (Å²) in [7, 11) is 0. The van der Waals surface area contributed by atoms with Crippen molar-refractivity contribution in [1.82, 2.24) is 9.80 Å². The Balaban J connectivity index is 1.46. The van der Waals surface area contributed by atoms with Crippen LogP contribution in [0.4, 0.5) is 10.5 Å². The third-order valence-electron chi connectivity index (χ3n) is 7.53. The first-order valence-corrected chi connectivity index (χ1v) is 14.5. The molecule has 0 spiro atoms. The number of thioether (sulfide) groups is 1. The Labute approximate surface area is 256 Å². The summed E-state index contributed by atoms with van der Waals surface area (Å²) < 4.78 is 5.48. The van der Waals surface area contributed by atoms with E-state index in [-0.39, 0.29) is 24.4 Å². The van der Waals surface area contributed by atoms with Gasteiger partial charge in [-0.2, -0.15) is 0 Å². The molecule has 2 aliphatic rings. The molecular weight excluding hydrogens is 588 g/mol. The molecule has 3 aromatic carbocycles. The zero-order valence-corrected chi connectivity index (χ0v) is 24.3. The lowest BCUT2D eigenvalue weighted by molar-refractivity contribution is -0.384. The average molecular weight is 617 g/mol. The monoisotopic (exact) mass is 616 g/mol. The summed E-state index contributed by atoms with van der Waals surface area (Å²) in [6, 6.07) is 20.3. The maximum absolute atomic E-state index is 13.8. The number of carbonyl (C=O) groups is 4. The van der Waals surface area contributed by atoms with Crippen LogP contribution in [-0.2, 0) is 32.1 Å². The van der Waals surface area contributed by atoms with E-state index in [9.17, 15) is 34.4 Å². The fourth-order valence-electron chi connectivity index (χ4n) is 5.20. The van der Waals surface area contributed by atoms with Gasteiger partial charge in [0.15, 0.2) is 6.04 Å². The summed E-state index contributed by atoms with van der Waals surface area (Å²) in [5.41, 5.74) is 8.15. The van der Waals surface area contributed by atoms with Gasteiger partial charge in [-0.15, -0.1) is 11.8 Å². The zero-order chi connectivity index (χ0) is 31.5. The Hall–Kier alpha value is -5.01. The van der Waals surface area contributed by atoms with Crippen molar-refractivity contribution in [1.29, 1.82) is 0 Å². The van der Waals surface area contributed by atoms with Crippen molar-refractivity contribution in [3.05, 3.63) is 123 Å². The summed E-state index contributed by atoms with van der Waals surface area (Å²) in [5.74, 6) is -2.96. The largest absolute Gasteiger partial charge is 0.477 e. The Morgan fingerprint density at radius 1 is 1.02 bits per heavy atom. The van der Waals surface area contributed by atoms with Crippen LogP contribution in [0.5, 0.6) is 0 Å². The molecule has 0 aliphatic carbocycles. The van der Waals surface area contributed by atoms with Crippen molar-refractivity contribution >= 4 is 41.3 Å². The molecule has 226 valence electrons. The second-order valence-corrected chi connectivity index (χ2v) is 11.6. The first-order valence-electron chi connectivity index (χ1n) is 13.6. The second-order valence-electron chi connectivity index (χ2n) is 10.3. The maximum atomic E-state index is 13.8. The number of hydrogen-bond donors (Lipinski definition) is 2. The molecule has 0 aromatic heterocycles. The van der Waals surface area contributed by atoms with E-state index in [0.717, 1.165) is 4.90 Å². The Morgan fingerprint density at radius 2 is 1.64 bits per heavy atom. The molecule has 44 heavy (non-hydrogen) atoms. The zero-order valence-electron chi connectivity index (χ0n) is 23.4. The van der Waals surface area contributed by atoms with Gasteiger partial charge in [0.05, 0.1) is 4.92 Å². The summed E-state index contributed by atoms with van der Waals surface area (Å²) >= 11 is 1.22. The fraction of sp³-hybridized carbons (Fsp3) is 0.226. The Kier molecular flexibility index (Phi) is 8.78.